The molecule has 3 aromatic rings. The van der Waals surface area contributed by atoms with Gasteiger partial charge in [0.25, 0.3) is 11.8 Å². The number of nitrogens with one attached hydrogen (secondary N) is 1. The Morgan fingerprint density at radius 1 is 1.36 bits per heavy atom. The first-order valence-electron chi connectivity index (χ1n) is 8.06. The summed E-state index contributed by atoms with van der Waals surface area (Å²) in [6.45, 7) is 1.36. The average molecular weight is 355 g/mol. The molecule has 0 bridgehead atoms. The lowest BCUT2D eigenvalue weighted by molar-refractivity contribution is 0.0795. The maximum absolute atomic E-state index is 12.5. The van der Waals surface area contributed by atoms with Gasteiger partial charge in [0.05, 0.1) is 16.8 Å². The fraction of sp³-hybridized carbons (Fsp3) is 0.294. The molecule has 1 fully saturated rings. The second kappa shape index (κ2) is 6.29. The lowest BCUT2D eigenvalue weighted by atomic mass is 10.0. The van der Waals surface area contributed by atoms with Gasteiger partial charge in [0.2, 0.25) is 0 Å². The molecule has 1 N–H and O–H groups in total. The summed E-state index contributed by atoms with van der Waals surface area (Å²) in [6.07, 6.45) is 4.10. The molecule has 1 atom stereocenters. The molecule has 1 aliphatic heterocycles. The van der Waals surface area contributed by atoms with Crippen LogP contribution in [0.25, 0.3) is 5.65 Å². The zero-order chi connectivity index (χ0) is 17.4. The molecule has 3 aromatic heterocycles. The van der Waals surface area contributed by atoms with Gasteiger partial charge in [-0.05, 0) is 23.9 Å². The first-order chi connectivity index (χ1) is 12.2. The van der Waals surface area contributed by atoms with Crippen molar-refractivity contribution in [3.05, 3.63) is 52.1 Å². The first kappa shape index (κ1) is 15.8. The smallest absolute Gasteiger partial charge is 0.263 e. The third-order valence-corrected chi connectivity index (χ3v) is 5.39. The number of carbonyl (C=O) groups is 2. The SMILES string of the molecule is CNC(=O)c1cnn2c([C@H]3CCN(C(=O)c4cccs4)C3)ccnc12. The third-order valence-electron chi connectivity index (χ3n) is 4.53. The predicted octanol–water partition coefficient (Wildman–Crippen LogP) is 1.78. The van der Waals surface area contributed by atoms with Crippen LogP contribution in [-0.2, 0) is 0 Å². The summed E-state index contributed by atoms with van der Waals surface area (Å²) < 4.78 is 1.72. The van der Waals surface area contributed by atoms with Crippen LogP contribution < -0.4 is 5.32 Å². The van der Waals surface area contributed by atoms with Crippen LogP contribution in [0.1, 0.15) is 38.1 Å². The molecule has 0 saturated carbocycles. The molecule has 8 heteroatoms. The van der Waals surface area contributed by atoms with E-state index >= 15 is 0 Å². The van der Waals surface area contributed by atoms with Gasteiger partial charge in [-0.15, -0.1) is 11.3 Å². The minimum absolute atomic E-state index is 0.0781. The molecular formula is C17H17N5O2S. The van der Waals surface area contributed by atoms with Gasteiger partial charge in [-0.3, -0.25) is 9.59 Å². The minimum Gasteiger partial charge on any atom is -0.355 e. The highest BCUT2D eigenvalue weighted by Gasteiger charge is 2.30. The van der Waals surface area contributed by atoms with Crippen molar-refractivity contribution in [2.45, 2.75) is 12.3 Å². The van der Waals surface area contributed by atoms with Crippen molar-refractivity contribution < 1.29 is 9.59 Å². The standard InChI is InChI=1S/C17H17N5O2S/c1-18-16(23)12-9-20-22-13(4-6-19-15(12)22)11-5-7-21(10-11)17(24)14-3-2-8-25-14/h2-4,6,8-9,11H,5,7,10H2,1H3,(H,18,23)/t11-/m0/s1. The van der Waals surface area contributed by atoms with E-state index in [0.29, 0.717) is 17.8 Å². The average Bonchev–Trinajstić information content (AvgIpc) is 3.40. The summed E-state index contributed by atoms with van der Waals surface area (Å²) >= 11 is 1.46. The molecule has 0 radical (unpaired) electrons. The molecule has 1 saturated heterocycles. The van der Waals surface area contributed by atoms with Crippen LogP contribution in [0.5, 0.6) is 0 Å². The molecule has 4 rings (SSSR count). The molecule has 0 spiro atoms. The normalized spacial score (nSPS) is 17.2. The number of hydrogen-bond donors (Lipinski definition) is 1. The van der Waals surface area contributed by atoms with Gasteiger partial charge in [-0.2, -0.15) is 5.10 Å². The summed E-state index contributed by atoms with van der Waals surface area (Å²) in [4.78, 5) is 31.4. The van der Waals surface area contributed by atoms with E-state index in [1.165, 1.54) is 17.5 Å². The number of fused-ring (bicyclic) bond motifs is 1. The third kappa shape index (κ3) is 2.68. The van der Waals surface area contributed by atoms with Crippen LogP contribution in [0.3, 0.4) is 0 Å². The lowest BCUT2D eigenvalue weighted by Crippen LogP contribution is -2.28. The summed E-state index contributed by atoms with van der Waals surface area (Å²) in [5.41, 5.74) is 1.97. The van der Waals surface area contributed by atoms with Crippen LogP contribution in [-0.4, -0.2) is 51.4 Å². The van der Waals surface area contributed by atoms with Gasteiger partial charge < -0.3 is 10.2 Å². The summed E-state index contributed by atoms with van der Waals surface area (Å²) in [7, 11) is 1.58. The van der Waals surface area contributed by atoms with Gasteiger partial charge in [-0.1, -0.05) is 6.07 Å². The number of nitrogens with zero attached hydrogens (tertiary/aromatic N) is 4. The van der Waals surface area contributed by atoms with Crippen molar-refractivity contribution in [2.24, 2.45) is 0 Å². The van der Waals surface area contributed by atoms with E-state index < -0.39 is 0 Å². The van der Waals surface area contributed by atoms with Crippen molar-refractivity contribution in [2.75, 3.05) is 20.1 Å². The Kier molecular flexibility index (Phi) is 3.96. The van der Waals surface area contributed by atoms with E-state index in [1.54, 1.807) is 17.8 Å². The number of likely N-dealkylation sites (tertiary alicyclic amines) is 1. The number of thiophene rings is 1. The molecule has 25 heavy (non-hydrogen) atoms. The summed E-state index contributed by atoms with van der Waals surface area (Å²) in [6, 6.07) is 5.66. The van der Waals surface area contributed by atoms with Crippen molar-refractivity contribution >= 4 is 28.8 Å². The van der Waals surface area contributed by atoms with E-state index in [0.717, 1.165) is 23.5 Å². The zero-order valence-electron chi connectivity index (χ0n) is 13.7. The largest absolute Gasteiger partial charge is 0.355 e. The Morgan fingerprint density at radius 2 is 2.24 bits per heavy atom. The Morgan fingerprint density at radius 3 is 3.00 bits per heavy atom. The molecule has 7 nitrogen and oxygen atoms in total. The number of rotatable bonds is 3. The molecule has 0 aromatic carbocycles. The Hall–Kier alpha value is -2.74. The molecule has 0 aliphatic carbocycles. The minimum atomic E-state index is -0.208. The Balaban J connectivity index is 1.62. The second-order valence-electron chi connectivity index (χ2n) is 5.96. The van der Waals surface area contributed by atoms with Crippen LogP contribution in [0.4, 0.5) is 0 Å². The quantitative estimate of drug-likeness (QED) is 0.777. The number of aromatic nitrogens is 3. The number of amides is 2. The molecule has 128 valence electrons. The summed E-state index contributed by atoms with van der Waals surface area (Å²) in [5, 5.41) is 8.86. The van der Waals surface area contributed by atoms with Gasteiger partial charge in [0.1, 0.15) is 5.56 Å². The zero-order valence-corrected chi connectivity index (χ0v) is 14.5. The highest BCUT2D eigenvalue weighted by atomic mass is 32.1. The Bertz CT molecular complexity index is 934. The van der Waals surface area contributed by atoms with Crippen LogP contribution in [0.2, 0.25) is 0 Å². The van der Waals surface area contributed by atoms with Crippen LogP contribution in [0.15, 0.2) is 36.0 Å². The number of carbonyl (C=O) groups excluding carboxylic acids is 2. The molecule has 2 amide bonds. The highest BCUT2D eigenvalue weighted by molar-refractivity contribution is 7.12. The van der Waals surface area contributed by atoms with Crippen molar-refractivity contribution in [1.29, 1.82) is 0 Å². The molecule has 1 aliphatic rings. The van der Waals surface area contributed by atoms with Crippen molar-refractivity contribution in [1.82, 2.24) is 24.8 Å². The maximum atomic E-state index is 12.5. The van der Waals surface area contributed by atoms with Crippen molar-refractivity contribution in [3.8, 4) is 0 Å². The summed E-state index contributed by atoms with van der Waals surface area (Å²) in [5.74, 6) is 0.0433. The van der Waals surface area contributed by atoms with E-state index in [4.69, 9.17) is 0 Å². The fourth-order valence-corrected chi connectivity index (χ4v) is 3.95. The van der Waals surface area contributed by atoms with E-state index in [2.05, 4.69) is 15.4 Å². The second-order valence-corrected chi connectivity index (χ2v) is 6.90. The van der Waals surface area contributed by atoms with Crippen molar-refractivity contribution in [3.63, 3.8) is 0 Å². The van der Waals surface area contributed by atoms with Crippen LogP contribution in [0, 0.1) is 0 Å². The monoisotopic (exact) mass is 355 g/mol. The van der Waals surface area contributed by atoms with E-state index in [-0.39, 0.29) is 17.7 Å². The maximum Gasteiger partial charge on any atom is 0.263 e. The number of hydrogen-bond acceptors (Lipinski definition) is 5. The van der Waals surface area contributed by atoms with Gasteiger partial charge in [0.15, 0.2) is 5.65 Å². The first-order valence-corrected chi connectivity index (χ1v) is 8.94. The fourth-order valence-electron chi connectivity index (χ4n) is 3.26. The highest BCUT2D eigenvalue weighted by Crippen LogP contribution is 2.29. The molecule has 4 heterocycles. The van der Waals surface area contributed by atoms with Gasteiger partial charge in [-0.25, -0.2) is 9.50 Å². The molecule has 0 unspecified atom stereocenters. The Labute approximate surface area is 148 Å². The van der Waals surface area contributed by atoms with Gasteiger partial charge in [0, 0.05) is 32.3 Å². The lowest BCUT2D eigenvalue weighted by Gasteiger charge is -2.16. The van der Waals surface area contributed by atoms with Gasteiger partial charge >= 0.3 is 0 Å². The molecular weight excluding hydrogens is 338 g/mol. The predicted molar refractivity (Wildman–Crippen MR) is 94.0 cm³/mol. The topological polar surface area (TPSA) is 79.6 Å². The van der Waals surface area contributed by atoms with E-state index in [1.807, 2.05) is 28.5 Å². The van der Waals surface area contributed by atoms with E-state index in [9.17, 15) is 9.59 Å². The van der Waals surface area contributed by atoms with Crippen LogP contribution >= 0.6 is 11.3 Å².